The molecule has 1 aromatic carbocycles. The monoisotopic (exact) mass is 314 g/mol. The Balaban J connectivity index is 2.22. The minimum Gasteiger partial charge on any atom is -0.493 e. The summed E-state index contributed by atoms with van der Waals surface area (Å²) in [7, 11) is -0.640. The molecule has 0 saturated heterocycles. The van der Waals surface area contributed by atoms with Crippen LogP contribution in [0.4, 0.5) is 0 Å². The first-order valence-corrected chi connectivity index (χ1v) is 8.46. The fourth-order valence-corrected chi connectivity index (χ4v) is 3.89. The molecule has 1 fully saturated rings. The van der Waals surface area contributed by atoms with Crippen molar-refractivity contribution in [3.05, 3.63) is 18.2 Å². The van der Waals surface area contributed by atoms with Gasteiger partial charge in [0.15, 0.2) is 11.5 Å². The molecule has 1 aliphatic carbocycles. The van der Waals surface area contributed by atoms with Crippen molar-refractivity contribution in [2.75, 3.05) is 14.2 Å². The summed E-state index contributed by atoms with van der Waals surface area (Å²) < 4.78 is 37.9. The highest BCUT2D eigenvalue weighted by atomic mass is 32.2. The highest BCUT2D eigenvalue weighted by Gasteiger charge is 2.27. The van der Waals surface area contributed by atoms with E-state index in [0.29, 0.717) is 11.5 Å². The number of nitrogens with one attached hydrogen (secondary N) is 1. The summed E-state index contributed by atoms with van der Waals surface area (Å²) in [6.07, 6.45) is 3.66. The summed E-state index contributed by atoms with van der Waals surface area (Å²) >= 11 is 0. The molecule has 7 heteroatoms. The molecule has 2 unspecified atom stereocenters. The molecule has 0 aliphatic heterocycles. The standard InChI is InChI=1S/C14H22N2O4S/c1-19-13-8-7-10(9-14(13)20-2)21(17,18)16-12-6-4-3-5-11(12)15/h7-9,11-12,16H,3-6,15H2,1-2H3. The normalized spacial score (nSPS) is 22.8. The number of ether oxygens (including phenoxy) is 2. The smallest absolute Gasteiger partial charge is 0.241 e. The Labute approximate surface area is 125 Å². The highest BCUT2D eigenvalue weighted by Crippen LogP contribution is 2.29. The lowest BCUT2D eigenvalue weighted by molar-refractivity contribution is 0.353. The third-order valence-electron chi connectivity index (χ3n) is 3.79. The first-order valence-electron chi connectivity index (χ1n) is 6.98. The van der Waals surface area contributed by atoms with Crippen LogP contribution in [-0.2, 0) is 10.0 Å². The van der Waals surface area contributed by atoms with Gasteiger partial charge >= 0.3 is 0 Å². The second-order valence-electron chi connectivity index (χ2n) is 5.19. The molecular formula is C14H22N2O4S. The zero-order valence-electron chi connectivity index (χ0n) is 12.3. The van der Waals surface area contributed by atoms with Gasteiger partial charge in [-0.2, -0.15) is 0 Å². The molecule has 0 radical (unpaired) electrons. The van der Waals surface area contributed by atoms with Gasteiger partial charge in [0.05, 0.1) is 19.1 Å². The molecule has 0 aromatic heterocycles. The van der Waals surface area contributed by atoms with Crippen molar-refractivity contribution in [3.8, 4) is 11.5 Å². The van der Waals surface area contributed by atoms with E-state index in [4.69, 9.17) is 15.2 Å². The van der Waals surface area contributed by atoms with Gasteiger partial charge in [0.1, 0.15) is 0 Å². The highest BCUT2D eigenvalue weighted by molar-refractivity contribution is 7.89. The lowest BCUT2D eigenvalue weighted by Crippen LogP contribution is -2.49. The van der Waals surface area contributed by atoms with Crippen LogP contribution in [0.3, 0.4) is 0 Å². The average molecular weight is 314 g/mol. The van der Waals surface area contributed by atoms with E-state index in [2.05, 4.69) is 4.72 Å². The fraction of sp³-hybridized carbons (Fsp3) is 0.571. The largest absolute Gasteiger partial charge is 0.493 e. The molecule has 6 nitrogen and oxygen atoms in total. The van der Waals surface area contributed by atoms with Crippen LogP contribution in [0.15, 0.2) is 23.1 Å². The Bertz CT molecular complexity index is 589. The zero-order valence-corrected chi connectivity index (χ0v) is 13.2. The number of rotatable bonds is 5. The molecule has 3 N–H and O–H groups in total. The summed E-state index contributed by atoms with van der Waals surface area (Å²) in [5.41, 5.74) is 5.99. The molecular weight excluding hydrogens is 292 g/mol. The van der Waals surface area contributed by atoms with E-state index in [1.807, 2.05) is 0 Å². The lowest BCUT2D eigenvalue weighted by atomic mass is 9.92. The van der Waals surface area contributed by atoms with Gasteiger partial charge in [0, 0.05) is 18.2 Å². The van der Waals surface area contributed by atoms with Crippen molar-refractivity contribution in [1.82, 2.24) is 4.72 Å². The maximum absolute atomic E-state index is 12.5. The Hall–Kier alpha value is -1.31. The predicted octanol–water partition coefficient (Wildman–Crippen LogP) is 1.25. The summed E-state index contributed by atoms with van der Waals surface area (Å²) in [6.45, 7) is 0. The lowest BCUT2D eigenvalue weighted by Gasteiger charge is -2.29. The SMILES string of the molecule is COc1ccc(S(=O)(=O)NC2CCCCC2N)cc1OC. The molecule has 118 valence electrons. The van der Waals surface area contributed by atoms with E-state index in [1.165, 1.54) is 26.4 Å². The van der Waals surface area contributed by atoms with E-state index >= 15 is 0 Å². The molecule has 0 bridgehead atoms. The van der Waals surface area contributed by atoms with Gasteiger partial charge in [-0.05, 0) is 25.0 Å². The van der Waals surface area contributed by atoms with Gasteiger partial charge in [-0.25, -0.2) is 13.1 Å². The number of hydrogen-bond acceptors (Lipinski definition) is 5. The Morgan fingerprint density at radius 3 is 2.43 bits per heavy atom. The van der Waals surface area contributed by atoms with E-state index in [9.17, 15) is 8.42 Å². The molecule has 1 saturated carbocycles. The molecule has 1 aromatic rings. The Morgan fingerprint density at radius 2 is 1.81 bits per heavy atom. The summed E-state index contributed by atoms with van der Waals surface area (Å²) in [5.74, 6) is 0.874. The van der Waals surface area contributed by atoms with Crippen LogP contribution in [0.2, 0.25) is 0 Å². The molecule has 0 spiro atoms. The van der Waals surface area contributed by atoms with Gasteiger partial charge in [-0.3, -0.25) is 0 Å². The maximum Gasteiger partial charge on any atom is 0.241 e. The van der Waals surface area contributed by atoms with Crippen LogP contribution in [0.1, 0.15) is 25.7 Å². The number of hydrogen-bond donors (Lipinski definition) is 2. The third kappa shape index (κ3) is 3.66. The third-order valence-corrected chi connectivity index (χ3v) is 5.28. The summed E-state index contributed by atoms with van der Waals surface area (Å²) in [6, 6.07) is 4.19. The quantitative estimate of drug-likeness (QED) is 0.853. The summed E-state index contributed by atoms with van der Waals surface area (Å²) in [4.78, 5) is 0.151. The first-order chi connectivity index (χ1) is 9.97. The second-order valence-corrected chi connectivity index (χ2v) is 6.91. The predicted molar refractivity (Wildman–Crippen MR) is 80.1 cm³/mol. The molecule has 1 aliphatic rings. The van der Waals surface area contributed by atoms with Gasteiger partial charge in [0.2, 0.25) is 10.0 Å². The first kappa shape index (κ1) is 16.1. The topological polar surface area (TPSA) is 90.7 Å². The van der Waals surface area contributed by atoms with Crippen molar-refractivity contribution in [1.29, 1.82) is 0 Å². The van der Waals surface area contributed by atoms with Crippen molar-refractivity contribution >= 4 is 10.0 Å². The maximum atomic E-state index is 12.5. The van der Waals surface area contributed by atoms with E-state index in [1.54, 1.807) is 6.07 Å². The van der Waals surface area contributed by atoms with Crippen LogP contribution in [-0.4, -0.2) is 34.7 Å². The number of benzene rings is 1. The van der Waals surface area contributed by atoms with Crippen LogP contribution in [0, 0.1) is 0 Å². The van der Waals surface area contributed by atoms with E-state index in [0.717, 1.165) is 25.7 Å². The molecule has 2 atom stereocenters. The fourth-order valence-electron chi connectivity index (χ4n) is 2.56. The van der Waals surface area contributed by atoms with E-state index in [-0.39, 0.29) is 17.0 Å². The number of methoxy groups -OCH3 is 2. The van der Waals surface area contributed by atoms with E-state index < -0.39 is 10.0 Å². The minimum atomic E-state index is -3.62. The van der Waals surface area contributed by atoms with Crippen LogP contribution < -0.4 is 19.9 Å². The van der Waals surface area contributed by atoms with Gasteiger partial charge in [0.25, 0.3) is 0 Å². The van der Waals surface area contributed by atoms with Crippen LogP contribution >= 0.6 is 0 Å². The van der Waals surface area contributed by atoms with Crippen molar-refractivity contribution in [2.24, 2.45) is 5.73 Å². The van der Waals surface area contributed by atoms with Gasteiger partial charge in [-0.1, -0.05) is 12.8 Å². The molecule has 2 rings (SSSR count). The summed E-state index contributed by atoms with van der Waals surface area (Å²) in [5, 5.41) is 0. The molecule has 0 heterocycles. The average Bonchev–Trinajstić information content (AvgIpc) is 2.48. The minimum absolute atomic E-state index is 0.131. The Kier molecular flexibility index (Phi) is 5.08. The number of nitrogens with two attached hydrogens (primary N) is 1. The van der Waals surface area contributed by atoms with Gasteiger partial charge < -0.3 is 15.2 Å². The van der Waals surface area contributed by atoms with Crippen LogP contribution in [0.5, 0.6) is 11.5 Å². The van der Waals surface area contributed by atoms with Crippen LogP contribution in [0.25, 0.3) is 0 Å². The second kappa shape index (κ2) is 6.64. The van der Waals surface area contributed by atoms with Crippen molar-refractivity contribution < 1.29 is 17.9 Å². The zero-order chi connectivity index (χ0) is 15.5. The number of sulfonamides is 1. The van der Waals surface area contributed by atoms with Gasteiger partial charge in [-0.15, -0.1) is 0 Å². The van der Waals surface area contributed by atoms with Crippen molar-refractivity contribution in [2.45, 2.75) is 42.7 Å². The Morgan fingerprint density at radius 1 is 1.14 bits per heavy atom. The van der Waals surface area contributed by atoms with Crippen molar-refractivity contribution in [3.63, 3.8) is 0 Å². The molecule has 21 heavy (non-hydrogen) atoms. The molecule has 0 amide bonds.